The van der Waals surface area contributed by atoms with E-state index in [1.807, 2.05) is 11.4 Å². The van der Waals surface area contributed by atoms with Gasteiger partial charge in [-0.1, -0.05) is 18.2 Å². The maximum atomic E-state index is 13.2. The Morgan fingerprint density at radius 3 is 2.93 bits per heavy atom. The van der Waals surface area contributed by atoms with E-state index in [4.69, 9.17) is 0 Å². The average molecular weight is 393 g/mol. The minimum absolute atomic E-state index is 0.0143. The van der Waals surface area contributed by atoms with Crippen molar-refractivity contribution in [3.63, 3.8) is 0 Å². The van der Waals surface area contributed by atoms with Crippen LogP contribution in [0.2, 0.25) is 0 Å². The van der Waals surface area contributed by atoms with Gasteiger partial charge in [0.15, 0.2) is 5.78 Å². The highest BCUT2D eigenvalue weighted by molar-refractivity contribution is 7.10. The van der Waals surface area contributed by atoms with Crippen LogP contribution in [-0.4, -0.2) is 25.5 Å². The van der Waals surface area contributed by atoms with Crippen LogP contribution in [0.5, 0.6) is 0 Å². The lowest BCUT2D eigenvalue weighted by Gasteiger charge is -2.34. The fourth-order valence-electron chi connectivity index (χ4n) is 3.99. The Morgan fingerprint density at radius 2 is 2.14 bits per heavy atom. The number of hydrogen-bond donors (Lipinski definition) is 1. The minimum atomic E-state index is -0.523. The summed E-state index contributed by atoms with van der Waals surface area (Å²) in [5.74, 6) is 0.693. The molecule has 0 bridgehead atoms. The summed E-state index contributed by atoms with van der Waals surface area (Å²) in [5.41, 5.74) is 2.08. The molecule has 2 atom stereocenters. The zero-order valence-corrected chi connectivity index (χ0v) is 15.4. The largest absolute Gasteiger partial charge is 0.328 e. The average Bonchev–Trinajstić information content (AvgIpc) is 3.38. The molecule has 8 nitrogen and oxygen atoms in total. The molecule has 0 unspecified atom stereocenters. The van der Waals surface area contributed by atoms with Gasteiger partial charge in [-0.25, -0.2) is 4.68 Å². The number of non-ortho nitro benzene ring substituents is 1. The molecule has 1 aromatic carbocycles. The summed E-state index contributed by atoms with van der Waals surface area (Å²) < 4.78 is 1.63. The molecule has 3 aromatic rings. The Balaban J connectivity index is 1.63. The highest BCUT2D eigenvalue weighted by Gasteiger charge is 2.39. The summed E-state index contributed by atoms with van der Waals surface area (Å²) in [4.78, 5) is 29.4. The zero-order valence-electron chi connectivity index (χ0n) is 14.6. The van der Waals surface area contributed by atoms with Crippen molar-refractivity contribution >= 4 is 28.8 Å². The van der Waals surface area contributed by atoms with Gasteiger partial charge in [0.05, 0.1) is 4.92 Å². The van der Waals surface area contributed by atoms with Gasteiger partial charge in [-0.05, 0) is 23.4 Å². The number of benzene rings is 1. The van der Waals surface area contributed by atoms with E-state index >= 15 is 0 Å². The van der Waals surface area contributed by atoms with Crippen molar-refractivity contribution in [1.82, 2.24) is 14.8 Å². The molecule has 28 heavy (non-hydrogen) atoms. The van der Waals surface area contributed by atoms with Gasteiger partial charge in [0.25, 0.3) is 5.69 Å². The van der Waals surface area contributed by atoms with Crippen LogP contribution >= 0.6 is 11.3 Å². The first kappa shape index (κ1) is 16.8. The second-order valence-corrected chi connectivity index (χ2v) is 7.82. The fraction of sp³-hybridized carbons (Fsp3) is 0.211. The molecule has 0 spiro atoms. The van der Waals surface area contributed by atoms with Gasteiger partial charge in [-0.15, -0.1) is 11.3 Å². The number of thiophene rings is 1. The smallest absolute Gasteiger partial charge is 0.269 e. The van der Waals surface area contributed by atoms with E-state index in [9.17, 15) is 14.9 Å². The quantitative estimate of drug-likeness (QED) is 0.538. The molecule has 0 amide bonds. The van der Waals surface area contributed by atoms with E-state index in [2.05, 4.69) is 21.5 Å². The number of nitro groups is 1. The molecule has 0 saturated heterocycles. The van der Waals surface area contributed by atoms with Crippen LogP contribution in [0.3, 0.4) is 0 Å². The maximum absolute atomic E-state index is 13.2. The highest BCUT2D eigenvalue weighted by Crippen LogP contribution is 2.44. The number of carbonyl (C=O) groups is 1. The first-order chi connectivity index (χ1) is 13.6. The predicted molar refractivity (Wildman–Crippen MR) is 103 cm³/mol. The number of nitro benzene ring substituents is 1. The molecular formula is C19H15N5O3S. The van der Waals surface area contributed by atoms with E-state index in [0.29, 0.717) is 29.9 Å². The molecule has 0 saturated carbocycles. The minimum Gasteiger partial charge on any atom is -0.328 e. The zero-order chi connectivity index (χ0) is 19.3. The topological polar surface area (TPSA) is 103 Å². The van der Waals surface area contributed by atoms with Gasteiger partial charge in [0.1, 0.15) is 12.4 Å². The van der Waals surface area contributed by atoms with E-state index < -0.39 is 11.0 Å². The third-order valence-corrected chi connectivity index (χ3v) is 6.24. The van der Waals surface area contributed by atoms with Crippen molar-refractivity contribution in [2.24, 2.45) is 0 Å². The Kier molecular flexibility index (Phi) is 3.83. The number of rotatable bonds is 3. The normalized spacial score (nSPS) is 21.1. The van der Waals surface area contributed by atoms with Crippen LogP contribution in [0.4, 0.5) is 11.6 Å². The van der Waals surface area contributed by atoms with Crippen molar-refractivity contribution in [3.8, 4) is 0 Å². The number of aromatic nitrogens is 3. The molecule has 140 valence electrons. The summed E-state index contributed by atoms with van der Waals surface area (Å²) in [6.45, 7) is 0. The molecule has 1 N–H and O–H groups in total. The summed E-state index contributed by atoms with van der Waals surface area (Å²) in [6, 6.07) is 9.89. The van der Waals surface area contributed by atoms with Gasteiger partial charge in [-0.3, -0.25) is 14.9 Å². The molecule has 2 aliphatic rings. The van der Waals surface area contributed by atoms with Crippen LogP contribution < -0.4 is 5.32 Å². The number of hydrogen-bond acceptors (Lipinski definition) is 7. The van der Waals surface area contributed by atoms with E-state index in [1.165, 1.54) is 23.3 Å². The van der Waals surface area contributed by atoms with Crippen molar-refractivity contribution in [2.75, 3.05) is 5.32 Å². The molecule has 1 aliphatic heterocycles. The van der Waals surface area contributed by atoms with Crippen LogP contribution in [0.25, 0.3) is 0 Å². The first-order valence-electron chi connectivity index (χ1n) is 8.82. The van der Waals surface area contributed by atoms with Gasteiger partial charge in [0, 0.05) is 40.6 Å². The number of nitrogens with one attached hydrogen (secondary N) is 1. The number of fused-ring (bicyclic) bond motifs is 1. The molecule has 3 heterocycles. The molecule has 9 heteroatoms. The summed E-state index contributed by atoms with van der Waals surface area (Å²) in [6.07, 6.45) is 2.53. The lowest BCUT2D eigenvalue weighted by Crippen LogP contribution is -2.33. The van der Waals surface area contributed by atoms with E-state index in [0.717, 1.165) is 5.70 Å². The summed E-state index contributed by atoms with van der Waals surface area (Å²) >= 11 is 1.65. The number of carbonyl (C=O) groups excluding carboxylic acids is 1. The summed E-state index contributed by atoms with van der Waals surface area (Å²) in [7, 11) is 0. The molecule has 0 radical (unpaired) electrons. The monoisotopic (exact) mass is 393 g/mol. The number of ketones is 1. The van der Waals surface area contributed by atoms with Gasteiger partial charge in [-0.2, -0.15) is 10.1 Å². The van der Waals surface area contributed by atoms with Crippen LogP contribution in [0.1, 0.15) is 35.2 Å². The molecular weight excluding hydrogens is 378 g/mol. The first-order valence-corrected chi connectivity index (χ1v) is 9.70. The van der Waals surface area contributed by atoms with Crippen molar-refractivity contribution in [3.05, 3.63) is 79.9 Å². The number of allylic oxidation sites excluding steroid dienone is 2. The third-order valence-electron chi connectivity index (χ3n) is 5.20. The van der Waals surface area contributed by atoms with Crippen LogP contribution in [0.15, 0.2) is 59.4 Å². The van der Waals surface area contributed by atoms with Crippen LogP contribution in [0, 0.1) is 10.1 Å². The van der Waals surface area contributed by atoms with Gasteiger partial charge >= 0.3 is 0 Å². The lowest BCUT2D eigenvalue weighted by molar-refractivity contribution is -0.384. The number of anilines is 1. The fourth-order valence-corrected chi connectivity index (χ4v) is 4.82. The maximum Gasteiger partial charge on any atom is 0.269 e. The van der Waals surface area contributed by atoms with Crippen LogP contribution in [-0.2, 0) is 4.79 Å². The van der Waals surface area contributed by atoms with E-state index in [1.54, 1.807) is 28.2 Å². The number of nitrogens with zero attached hydrogens (tertiary/aromatic N) is 4. The SMILES string of the molecule is O=C1C[C@@H](c2cccs2)CC2=C1[C@@H](c1cccc([N+](=O)[O-])c1)n1ncnc1N2. The Labute approximate surface area is 163 Å². The van der Waals surface area contributed by atoms with Gasteiger partial charge in [0.2, 0.25) is 5.95 Å². The summed E-state index contributed by atoms with van der Waals surface area (Å²) in [5, 5.41) is 20.8. The molecule has 1 aliphatic carbocycles. The predicted octanol–water partition coefficient (Wildman–Crippen LogP) is 3.66. The molecule has 5 rings (SSSR count). The lowest BCUT2D eigenvalue weighted by atomic mass is 9.80. The van der Waals surface area contributed by atoms with Gasteiger partial charge < -0.3 is 5.32 Å². The Bertz CT molecular complexity index is 1120. The standard InChI is InChI=1S/C19H15N5O3S/c25-15-9-12(16-5-2-6-28-16)8-14-17(15)18(23-19(22-14)20-10-21-23)11-3-1-4-13(7-11)24(26)27/h1-7,10,12,18H,8-9H2,(H,20,21,22)/t12-,18+/m0/s1. The Morgan fingerprint density at radius 1 is 1.25 bits per heavy atom. The second-order valence-electron chi connectivity index (χ2n) is 6.84. The Hall–Kier alpha value is -3.33. The van der Waals surface area contributed by atoms with Crippen molar-refractivity contribution < 1.29 is 9.72 Å². The van der Waals surface area contributed by atoms with Crippen molar-refractivity contribution in [2.45, 2.75) is 24.8 Å². The second kappa shape index (κ2) is 6.38. The number of Topliss-reactive ketones (excluding diaryl/α,β-unsaturated/α-hetero) is 1. The highest BCUT2D eigenvalue weighted by atomic mass is 32.1. The molecule has 0 fully saturated rings. The molecule has 2 aromatic heterocycles. The van der Waals surface area contributed by atoms with Crippen molar-refractivity contribution in [1.29, 1.82) is 0 Å². The van der Waals surface area contributed by atoms with E-state index in [-0.39, 0.29) is 17.4 Å². The third kappa shape index (κ3) is 2.63.